The number of carbonyl (C=O) groups excluding carboxylic acids is 1. The molecule has 1 N–H and O–H groups in total. The van der Waals surface area contributed by atoms with Crippen LogP contribution in [0.1, 0.15) is 11.9 Å². The van der Waals surface area contributed by atoms with Crippen molar-refractivity contribution in [3.05, 3.63) is 58.6 Å². The van der Waals surface area contributed by atoms with Gasteiger partial charge in [-0.3, -0.25) is 9.69 Å². The first-order valence-electron chi connectivity index (χ1n) is 7.64. The molecule has 0 radical (unpaired) electrons. The third-order valence-corrected chi connectivity index (χ3v) is 5.15. The Kier molecular flexibility index (Phi) is 5.14. The molecule has 0 spiro atoms. The second kappa shape index (κ2) is 7.30. The molecule has 0 aliphatic heterocycles. The van der Waals surface area contributed by atoms with Crippen LogP contribution in [0.3, 0.4) is 0 Å². The van der Waals surface area contributed by atoms with Crippen molar-refractivity contribution in [2.24, 2.45) is 0 Å². The van der Waals surface area contributed by atoms with Crippen LogP contribution in [0, 0.1) is 0 Å². The van der Waals surface area contributed by atoms with Crippen LogP contribution in [0.4, 0.5) is 5.69 Å². The largest absolute Gasteiger partial charge is 0.325 e. The van der Waals surface area contributed by atoms with Gasteiger partial charge in [-0.25, -0.2) is 4.98 Å². The number of carbonyl (C=O) groups is 1. The molecule has 0 fully saturated rings. The fourth-order valence-electron chi connectivity index (χ4n) is 2.32. The molecule has 0 saturated carbocycles. The second-order valence-corrected chi connectivity index (χ2v) is 7.21. The maximum atomic E-state index is 12.4. The van der Waals surface area contributed by atoms with Gasteiger partial charge >= 0.3 is 0 Å². The average Bonchev–Trinajstić information content (AvgIpc) is 2.98. The highest BCUT2D eigenvalue weighted by atomic mass is 35.5. The summed E-state index contributed by atoms with van der Waals surface area (Å²) in [6.07, 6.45) is 0. The topological polar surface area (TPSA) is 45.2 Å². The first-order chi connectivity index (χ1) is 11.5. The third-order valence-electron chi connectivity index (χ3n) is 3.88. The number of para-hydroxylation sites is 1. The van der Waals surface area contributed by atoms with Gasteiger partial charge in [0, 0.05) is 10.7 Å². The predicted octanol–water partition coefficient (Wildman–Crippen LogP) is 4.41. The number of hydrogen-bond donors (Lipinski definition) is 1. The summed E-state index contributed by atoms with van der Waals surface area (Å²) >= 11 is 7.52. The van der Waals surface area contributed by atoms with Crippen molar-refractivity contribution in [3.63, 3.8) is 0 Å². The zero-order valence-corrected chi connectivity index (χ0v) is 15.1. The smallest absolute Gasteiger partial charge is 0.241 e. The summed E-state index contributed by atoms with van der Waals surface area (Å²) in [5.74, 6) is -0.0547. The van der Waals surface area contributed by atoms with Gasteiger partial charge in [-0.15, -0.1) is 11.3 Å². The molecule has 1 amide bonds. The highest BCUT2D eigenvalue weighted by Gasteiger charge is 2.19. The van der Waals surface area contributed by atoms with Gasteiger partial charge in [0.1, 0.15) is 5.01 Å². The number of nitrogens with one attached hydrogen (secondary N) is 1. The molecule has 4 nitrogen and oxygen atoms in total. The Morgan fingerprint density at radius 3 is 2.67 bits per heavy atom. The number of rotatable bonds is 5. The first-order valence-corrected chi connectivity index (χ1v) is 8.83. The molecular weight excluding hydrogens is 342 g/mol. The summed E-state index contributed by atoms with van der Waals surface area (Å²) in [6, 6.07) is 14.9. The minimum absolute atomic E-state index is 0.0547. The number of halogens is 1. The fourth-order valence-corrected chi connectivity index (χ4v) is 3.47. The Balaban J connectivity index is 1.63. The van der Waals surface area contributed by atoms with Crippen LogP contribution < -0.4 is 5.32 Å². The van der Waals surface area contributed by atoms with Gasteiger partial charge < -0.3 is 5.32 Å². The molecule has 3 rings (SSSR count). The van der Waals surface area contributed by atoms with Crippen molar-refractivity contribution >= 4 is 44.7 Å². The maximum Gasteiger partial charge on any atom is 0.241 e. The number of fused-ring (bicyclic) bond motifs is 1. The van der Waals surface area contributed by atoms with Gasteiger partial charge in [0.15, 0.2) is 0 Å². The monoisotopic (exact) mass is 359 g/mol. The number of hydrogen-bond acceptors (Lipinski definition) is 4. The lowest BCUT2D eigenvalue weighted by atomic mass is 10.2. The summed E-state index contributed by atoms with van der Waals surface area (Å²) < 4.78 is 1.17. The zero-order valence-electron chi connectivity index (χ0n) is 13.5. The third kappa shape index (κ3) is 3.93. The lowest BCUT2D eigenvalue weighted by Gasteiger charge is -2.22. The predicted molar refractivity (Wildman–Crippen MR) is 101 cm³/mol. The van der Waals surface area contributed by atoms with Gasteiger partial charge in [0.25, 0.3) is 0 Å². The van der Waals surface area contributed by atoms with Gasteiger partial charge in [-0.05, 0) is 50.4 Å². The Bertz CT molecular complexity index is 814. The standard InChI is InChI=1S/C18H18ClN3OS/c1-12(18(23)20-14-9-7-13(19)8-10-14)22(2)11-17-21-15-5-3-4-6-16(15)24-17/h3-10,12H,11H2,1-2H3,(H,20,23)/t12-/m1/s1. The second-order valence-electron chi connectivity index (χ2n) is 5.66. The van der Waals surface area contributed by atoms with E-state index < -0.39 is 0 Å². The Morgan fingerprint density at radius 2 is 1.96 bits per heavy atom. The van der Waals surface area contributed by atoms with Crippen LogP contribution in [0.15, 0.2) is 48.5 Å². The SMILES string of the molecule is C[C@H](C(=O)Nc1ccc(Cl)cc1)N(C)Cc1nc2ccccc2s1. The molecule has 124 valence electrons. The molecule has 3 aromatic rings. The van der Waals surface area contributed by atoms with E-state index in [1.54, 1.807) is 35.6 Å². The molecule has 0 bridgehead atoms. The molecule has 2 aromatic carbocycles. The van der Waals surface area contributed by atoms with Crippen LogP contribution in [-0.2, 0) is 11.3 Å². The van der Waals surface area contributed by atoms with Crippen LogP contribution in [0.2, 0.25) is 5.02 Å². The van der Waals surface area contributed by atoms with Gasteiger partial charge in [0.2, 0.25) is 5.91 Å². The van der Waals surface area contributed by atoms with Gasteiger partial charge in [-0.1, -0.05) is 23.7 Å². The van der Waals surface area contributed by atoms with E-state index in [0.29, 0.717) is 11.6 Å². The Hall–Kier alpha value is -1.95. The number of likely N-dealkylation sites (N-methyl/N-ethyl adjacent to an activating group) is 1. The van der Waals surface area contributed by atoms with E-state index >= 15 is 0 Å². The molecular formula is C18H18ClN3OS. The van der Waals surface area contributed by atoms with E-state index in [9.17, 15) is 4.79 Å². The van der Waals surface area contributed by atoms with E-state index in [4.69, 9.17) is 11.6 Å². The van der Waals surface area contributed by atoms with Crippen LogP contribution >= 0.6 is 22.9 Å². The molecule has 1 aromatic heterocycles. The van der Waals surface area contributed by atoms with Gasteiger partial charge in [-0.2, -0.15) is 0 Å². The minimum atomic E-state index is -0.271. The lowest BCUT2D eigenvalue weighted by Crippen LogP contribution is -2.39. The molecule has 0 aliphatic rings. The maximum absolute atomic E-state index is 12.4. The van der Waals surface area contributed by atoms with Crippen molar-refractivity contribution in [3.8, 4) is 0 Å². The van der Waals surface area contributed by atoms with Crippen molar-refractivity contribution in [2.75, 3.05) is 12.4 Å². The highest BCUT2D eigenvalue weighted by molar-refractivity contribution is 7.18. The summed E-state index contributed by atoms with van der Waals surface area (Å²) in [6.45, 7) is 2.52. The normalized spacial score (nSPS) is 12.5. The quantitative estimate of drug-likeness (QED) is 0.734. The van der Waals surface area contributed by atoms with Crippen molar-refractivity contribution in [1.29, 1.82) is 0 Å². The van der Waals surface area contributed by atoms with Crippen molar-refractivity contribution < 1.29 is 4.79 Å². The highest BCUT2D eigenvalue weighted by Crippen LogP contribution is 2.23. The van der Waals surface area contributed by atoms with E-state index in [1.165, 1.54) is 4.70 Å². The molecule has 1 heterocycles. The average molecular weight is 360 g/mol. The summed E-state index contributed by atoms with van der Waals surface area (Å²) in [7, 11) is 1.93. The van der Waals surface area contributed by atoms with Gasteiger partial charge in [0.05, 0.1) is 22.8 Å². The number of amides is 1. The summed E-state index contributed by atoms with van der Waals surface area (Å²) in [4.78, 5) is 19.0. The zero-order chi connectivity index (χ0) is 17.1. The Labute approximate surface area is 150 Å². The number of thiazole rings is 1. The Morgan fingerprint density at radius 1 is 1.25 bits per heavy atom. The summed E-state index contributed by atoms with van der Waals surface area (Å²) in [5.41, 5.74) is 1.74. The molecule has 24 heavy (non-hydrogen) atoms. The molecule has 6 heteroatoms. The lowest BCUT2D eigenvalue weighted by molar-refractivity contribution is -0.120. The minimum Gasteiger partial charge on any atom is -0.325 e. The van der Waals surface area contributed by atoms with Crippen molar-refractivity contribution in [1.82, 2.24) is 9.88 Å². The number of anilines is 1. The van der Waals surface area contributed by atoms with Crippen molar-refractivity contribution in [2.45, 2.75) is 19.5 Å². The first kappa shape index (κ1) is 16.9. The van der Waals surface area contributed by atoms with E-state index in [-0.39, 0.29) is 11.9 Å². The molecule has 0 saturated heterocycles. The fraction of sp³-hybridized carbons (Fsp3) is 0.222. The number of nitrogens with zero attached hydrogens (tertiary/aromatic N) is 2. The molecule has 0 unspecified atom stereocenters. The van der Waals surface area contributed by atoms with Crippen LogP contribution in [0.25, 0.3) is 10.2 Å². The van der Waals surface area contributed by atoms with E-state index in [0.717, 1.165) is 16.2 Å². The number of aromatic nitrogens is 1. The van der Waals surface area contributed by atoms with Crippen LogP contribution in [0.5, 0.6) is 0 Å². The summed E-state index contributed by atoms with van der Waals surface area (Å²) in [5, 5.41) is 4.56. The number of benzene rings is 2. The van der Waals surface area contributed by atoms with E-state index in [1.807, 2.05) is 37.1 Å². The van der Waals surface area contributed by atoms with Crippen LogP contribution in [-0.4, -0.2) is 28.9 Å². The molecule has 0 aliphatic carbocycles. The van der Waals surface area contributed by atoms with E-state index in [2.05, 4.69) is 16.4 Å². The molecule has 1 atom stereocenters.